The van der Waals surface area contributed by atoms with Gasteiger partial charge in [0.2, 0.25) is 0 Å². The lowest BCUT2D eigenvalue weighted by Crippen LogP contribution is -2.79. The summed E-state index contributed by atoms with van der Waals surface area (Å²) in [6.45, 7) is 0.812. The van der Waals surface area contributed by atoms with Gasteiger partial charge in [-0.05, 0) is 0 Å². The molecule has 2 N–H and O–H groups in total. The maximum Gasteiger partial charge on any atom is 0.311 e. The Kier molecular flexibility index (Phi) is 4.26. The van der Waals surface area contributed by atoms with Gasteiger partial charge in [0.15, 0.2) is 0 Å². The average Bonchev–Trinajstić information content (AvgIpc) is 1.83. The van der Waals surface area contributed by atoms with Crippen LogP contribution in [-0.4, -0.2) is 26.7 Å². The van der Waals surface area contributed by atoms with Crippen molar-refractivity contribution in [2.24, 2.45) is 0 Å². The van der Waals surface area contributed by atoms with Gasteiger partial charge in [0.05, 0.1) is 27.1 Å². The van der Waals surface area contributed by atoms with Gasteiger partial charge in [-0.25, -0.2) is 0 Å². The minimum absolute atomic E-state index is 0.136. The highest BCUT2D eigenvalue weighted by molar-refractivity contribution is 5.69. The van der Waals surface area contributed by atoms with Crippen LogP contribution in [-0.2, 0) is 9.53 Å². The highest BCUT2D eigenvalue weighted by Crippen LogP contribution is 1.75. The van der Waals surface area contributed by atoms with Gasteiger partial charge >= 0.3 is 5.97 Å². The first-order chi connectivity index (χ1) is 3.81. The molecule has 0 aromatic heterocycles. The molecule has 0 saturated heterocycles. The van der Waals surface area contributed by atoms with Crippen LogP contribution in [0.2, 0.25) is 0 Å². The van der Waals surface area contributed by atoms with Crippen molar-refractivity contribution in [3.63, 3.8) is 0 Å². The summed E-state index contributed by atoms with van der Waals surface area (Å²) >= 11 is 0. The molecule has 3 heteroatoms. The van der Waals surface area contributed by atoms with E-state index in [4.69, 9.17) is 0 Å². The molecule has 0 aliphatic rings. The van der Waals surface area contributed by atoms with Crippen LogP contribution in [0.4, 0.5) is 0 Å². The topological polar surface area (TPSA) is 42.9 Å². The number of hydrogen-bond acceptors (Lipinski definition) is 2. The number of methoxy groups -OCH3 is 1. The molecule has 0 aliphatic carbocycles. The number of carbonyl (C=O) groups excluding carboxylic acids is 1. The van der Waals surface area contributed by atoms with Crippen LogP contribution in [0.5, 0.6) is 0 Å². The van der Waals surface area contributed by atoms with E-state index in [2.05, 4.69) is 4.74 Å². The molecule has 0 fully saturated rings. The summed E-state index contributed by atoms with van der Waals surface area (Å²) in [5.41, 5.74) is 0. The van der Waals surface area contributed by atoms with Crippen molar-refractivity contribution < 1.29 is 14.8 Å². The van der Waals surface area contributed by atoms with Crippen molar-refractivity contribution >= 4 is 5.97 Å². The van der Waals surface area contributed by atoms with Crippen molar-refractivity contribution in [2.75, 3.05) is 20.7 Å². The van der Waals surface area contributed by atoms with E-state index in [0.29, 0.717) is 6.42 Å². The molecule has 3 nitrogen and oxygen atoms in total. The number of rotatable bonds is 3. The van der Waals surface area contributed by atoms with Gasteiger partial charge in [0.1, 0.15) is 0 Å². The molecule has 0 aliphatic heterocycles. The summed E-state index contributed by atoms with van der Waals surface area (Å²) in [6.07, 6.45) is 0.507. The fourth-order valence-electron chi connectivity index (χ4n) is 0.364. The van der Waals surface area contributed by atoms with Gasteiger partial charge in [0.25, 0.3) is 0 Å². The minimum atomic E-state index is -0.136. The first-order valence-corrected chi connectivity index (χ1v) is 2.66. The summed E-state index contributed by atoms with van der Waals surface area (Å²) in [6, 6.07) is 0. The fraction of sp³-hybridized carbons (Fsp3) is 0.800. The number of esters is 1. The first kappa shape index (κ1) is 7.43. The van der Waals surface area contributed by atoms with Crippen LogP contribution in [0.15, 0.2) is 0 Å². The molecular weight excluding hydrogens is 106 g/mol. The van der Waals surface area contributed by atoms with Gasteiger partial charge in [-0.1, -0.05) is 0 Å². The highest BCUT2D eigenvalue weighted by atomic mass is 16.5. The SMILES string of the molecule is C[NH2+]CCC(=O)OC. The van der Waals surface area contributed by atoms with Gasteiger partial charge in [-0.2, -0.15) is 0 Å². The lowest BCUT2D eigenvalue weighted by Gasteiger charge is -1.93. The molecule has 48 valence electrons. The summed E-state index contributed by atoms with van der Waals surface area (Å²) in [5, 5.41) is 1.94. The van der Waals surface area contributed by atoms with E-state index in [1.165, 1.54) is 7.11 Å². The van der Waals surface area contributed by atoms with Gasteiger partial charge in [-0.15, -0.1) is 0 Å². The van der Waals surface area contributed by atoms with Crippen molar-refractivity contribution in [1.82, 2.24) is 0 Å². The van der Waals surface area contributed by atoms with Crippen LogP contribution in [0.25, 0.3) is 0 Å². The minimum Gasteiger partial charge on any atom is -0.469 e. The number of quaternary nitrogens is 1. The zero-order valence-corrected chi connectivity index (χ0v) is 5.31. The molecule has 0 unspecified atom stereocenters. The molecule has 0 spiro atoms. The summed E-state index contributed by atoms with van der Waals surface area (Å²) < 4.78 is 4.39. The lowest BCUT2D eigenvalue weighted by atomic mass is 10.4. The number of ether oxygens (including phenoxy) is 1. The summed E-state index contributed by atoms with van der Waals surface area (Å²) in [7, 11) is 3.32. The normalized spacial score (nSPS) is 8.75. The molecular formula is C5H12NO2+. The summed E-state index contributed by atoms with van der Waals surface area (Å²) in [5.74, 6) is -0.136. The van der Waals surface area contributed by atoms with Gasteiger partial charge in [-0.3, -0.25) is 4.79 Å². The van der Waals surface area contributed by atoms with E-state index < -0.39 is 0 Å². The average molecular weight is 118 g/mol. The number of nitrogens with two attached hydrogens (primary N) is 1. The molecule has 0 radical (unpaired) electrons. The second-order valence-electron chi connectivity index (χ2n) is 1.52. The fourth-order valence-corrected chi connectivity index (χ4v) is 0.364. The quantitative estimate of drug-likeness (QED) is 0.470. The summed E-state index contributed by atoms with van der Waals surface area (Å²) in [4.78, 5) is 10.3. The standard InChI is InChI=1S/C5H11NO2/c1-6-4-3-5(7)8-2/h6H,3-4H2,1-2H3/p+1. The van der Waals surface area contributed by atoms with E-state index in [-0.39, 0.29) is 5.97 Å². The lowest BCUT2D eigenvalue weighted by molar-refractivity contribution is -0.625. The Balaban J connectivity index is 2.99. The number of hydrogen-bond donors (Lipinski definition) is 1. The Morgan fingerprint density at radius 2 is 2.38 bits per heavy atom. The molecule has 0 rings (SSSR count). The van der Waals surface area contributed by atoms with Crippen LogP contribution in [0, 0.1) is 0 Å². The molecule has 0 saturated carbocycles. The Morgan fingerprint density at radius 3 is 2.75 bits per heavy atom. The Bertz CT molecular complexity index is 72.8. The maximum atomic E-state index is 10.3. The van der Waals surface area contributed by atoms with Crippen molar-refractivity contribution in [3.05, 3.63) is 0 Å². The largest absolute Gasteiger partial charge is 0.469 e. The zero-order valence-electron chi connectivity index (χ0n) is 5.31. The first-order valence-electron chi connectivity index (χ1n) is 2.66. The smallest absolute Gasteiger partial charge is 0.311 e. The van der Waals surface area contributed by atoms with E-state index in [1.54, 1.807) is 0 Å². The molecule has 0 atom stereocenters. The van der Waals surface area contributed by atoms with Crippen LogP contribution in [0.1, 0.15) is 6.42 Å². The Morgan fingerprint density at radius 1 is 1.75 bits per heavy atom. The van der Waals surface area contributed by atoms with Crippen molar-refractivity contribution in [1.29, 1.82) is 0 Å². The predicted molar refractivity (Wildman–Crippen MR) is 29.3 cm³/mol. The predicted octanol–water partition coefficient (Wildman–Crippen LogP) is -1.26. The third-order valence-electron chi connectivity index (χ3n) is 0.865. The monoisotopic (exact) mass is 118 g/mol. The van der Waals surface area contributed by atoms with Crippen molar-refractivity contribution in [2.45, 2.75) is 6.42 Å². The second kappa shape index (κ2) is 4.59. The van der Waals surface area contributed by atoms with Crippen molar-refractivity contribution in [3.8, 4) is 0 Å². The number of carbonyl (C=O) groups is 1. The van der Waals surface area contributed by atoms with Crippen LogP contribution in [0.3, 0.4) is 0 Å². The Labute approximate surface area is 49.0 Å². The molecule has 0 amide bonds. The van der Waals surface area contributed by atoms with Gasteiger partial charge < -0.3 is 10.1 Å². The molecule has 0 aromatic carbocycles. The van der Waals surface area contributed by atoms with Gasteiger partial charge in [0, 0.05) is 0 Å². The molecule has 0 heterocycles. The third-order valence-corrected chi connectivity index (χ3v) is 0.865. The maximum absolute atomic E-state index is 10.3. The molecule has 0 bridgehead atoms. The Hall–Kier alpha value is -0.570. The zero-order chi connectivity index (χ0) is 6.41. The van der Waals surface area contributed by atoms with Crippen LogP contribution < -0.4 is 5.32 Å². The van der Waals surface area contributed by atoms with E-state index >= 15 is 0 Å². The second-order valence-corrected chi connectivity index (χ2v) is 1.52. The third kappa shape index (κ3) is 3.61. The molecule has 8 heavy (non-hydrogen) atoms. The highest BCUT2D eigenvalue weighted by Gasteiger charge is 1.97. The van der Waals surface area contributed by atoms with Crippen LogP contribution >= 0.6 is 0 Å². The van der Waals surface area contributed by atoms with E-state index in [1.807, 2.05) is 12.4 Å². The van der Waals surface area contributed by atoms with E-state index in [0.717, 1.165) is 6.54 Å². The van der Waals surface area contributed by atoms with E-state index in [9.17, 15) is 4.79 Å². The molecule has 0 aromatic rings.